The Morgan fingerprint density at radius 1 is 1.48 bits per heavy atom. The van der Waals surface area contributed by atoms with E-state index in [0.29, 0.717) is 24.8 Å². The van der Waals surface area contributed by atoms with Crippen molar-refractivity contribution in [3.05, 3.63) is 39.2 Å². The average molecular weight is 475 g/mol. The van der Waals surface area contributed by atoms with E-state index < -0.39 is 11.1 Å². The second kappa shape index (κ2) is 13.2. The quantitative estimate of drug-likeness (QED) is 0.161. The van der Waals surface area contributed by atoms with Crippen LogP contribution in [0.1, 0.15) is 5.56 Å². The molecule has 1 aliphatic heterocycles. The van der Waals surface area contributed by atoms with Gasteiger partial charge in [-0.25, -0.2) is 19.9 Å². The van der Waals surface area contributed by atoms with Gasteiger partial charge in [0.05, 0.1) is 0 Å². The van der Waals surface area contributed by atoms with Crippen molar-refractivity contribution in [3.8, 4) is 0 Å². The molecule has 0 atom stereocenters. The summed E-state index contributed by atoms with van der Waals surface area (Å²) in [7, 11) is 4.59. The number of nitro groups is 1. The predicted octanol–water partition coefficient (Wildman–Crippen LogP) is 0.795. The first-order chi connectivity index (χ1) is 14.7. The summed E-state index contributed by atoms with van der Waals surface area (Å²) in [5, 5.41) is 21.9. The molecule has 2 rings (SSSR count). The molecule has 31 heavy (non-hydrogen) atoms. The van der Waals surface area contributed by atoms with Crippen molar-refractivity contribution in [2.45, 2.75) is 6.54 Å². The van der Waals surface area contributed by atoms with Crippen LogP contribution in [0.15, 0.2) is 28.6 Å². The van der Waals surface area contributed by atoms with E-state index >= 15 is 0 Å². The fourth-order valence-corrected chi connectivity index (χ4v) is 2.63. The van der Waals surface area contributed by atoms with Crippen molar-refractivity contribution in [1.82, 2.24) is 25.4 Å². The maximum Gasteiger partial charge on any atom is 0.433 e. The Morgan fingerprint density at radius 2 is 2.19 bits per heavy atom. The maximum atomic E-state index is 11.3. The van der Waals surface area contributed by atoms with E-state index in [9.17, 15) is 19.7 Å². The molecule has 1 fully saturated rings. The number of rotatable bonds is 4. The van der Waals surface area contributed by atoms with E-state index in [4.69, 9.17) is 11.6 Å². The molecule has 0 saturated carbocycles. The molecule has 0 bridgehead atoms. The minimum Gasteiger partial charge on any atom is -0.349 e. The van der Waals surface area contributed by atoms with Crippen LogP contribution in [0.25, 0.3) is 0 Å². The van der Waals surface area contributed by atoms with E-state index in [1.165, 1.54) is 11.9 Å². The van der Waals surface area contributed by atoms with Crippen molar-refractivity contribution >= 4 is 46.4 Å². The van der Waals surface area contributed by atoms with Crippen LogP contribution in [0.2, 0.25) is 5.15 Å². The van der Waals surface area contributed by atoms with Crippen LogP contribution >= 0.6 is 23.4 Å². The summed E-state index contributed by atoms with van der Waals surface area (Å²) in [6, 6.07) is 3.52. The zero-order valence-electron chi connectivity index (χ0n) is 17.4. The first kappa shape index (κ1) is 25.9. The zero-order valence-corrected chi connectivity index (χ0v) is 18.9. The lowest BCUT2D eigenvalue weighted by atomic mass is 10.3. The van der Waals surface area contributed by atoms with Gasteiger partial charge in [0, 0.05) is 47.0 Å². The van der Waals surface area contributed by atoms with E-state index in [1.54, 1.807) is 37.5 Å². The van der Waals surface area contributed by atoms with Gasteiger partial charge >= 0.3 is 6.09 Å². The fraction of sp³-hybridized carbons (Fsp3) is 0.438. The number of carbonyl (C=O) groups is 2. The van der Waals surface area contributed by atoms with Gasteiger partial charge in [-0.3, -0.25) is 9.63 Å². The highest BCUT2D eigenvalue weighted by molar-refractivity contribution is 8.15. The lowest BCUT2D eigenvalue weighted by Crippen LogP contribution is -2.30. The molecule has 15 heteroatoms. The van der Waals surface area contributed by atoms with E-state index in [0.717, 1.165) is 17.3 Å². The summed E-state index contributed by atoms with van der Waals surface area (Å²) in [4.78, 5) is 43.8. The van der Waals surface area contributed by atoms with Gasteiger partial charge in [0.15, 0.2) is 5.03 Å². The third-order valence-corrected chi connectivity index (χ3v) is 4.36. The largest absolute Gasteiger partial charge is 0.433 e. The van der Waals surface area contributed by atoms with Crippen LogP contribution in [0, 0.1) is 10.1 Å². The molecule has 2 N–H and O–H groups in total. The Balaban J connectivity index is 0.000000318. The second-order valence-corrected chi connectivity index (χ2v) is 7.11. The minimum absolute atomic E-state index is 0.124. The summed E-state index contributed by atoms with van der Waals surface area (Å²) < 4.78 is 0. The van der Waals surface area contributed by atoms with Gasteiger partial charge in [0.1, 0.15) is 10.3 Å². The van der Waals surface area contributed by atoms with E-state index in [1.807, 2.05) is 6.07 Å². The number of carbonyl (C=O) groups excluding carboxylic acids is 2. The molecule has 2 amide bonds. The Kier molecular flexibility index (Phi) is 11.1. The Morgan fingerprint density at radius 3 is 2.71 bits per heavy atom. The molecule has 0 aliphatic carbocycles. The summed E-state index contributed by atoms with van der Waals surface area (Å²) in [5.74, 6) is -0.0219. The van der Waals surface area contributed by atoms with E-state index in [2.05, 4.69) is 30.7 Å². The SMILES string of the molecule is CNC(=O)O/N=C(\SC)C(=O)N(C)C.O=[N+]([O-])/N=C1\NCCN1Cc1ccc(Cl)nc1. The predicted molar refractivity (Wildman–Crippen MR) is 117 cm³/mol. The van der Waals surface area contributed by atoms with Gasteiger partial charge in [-0.05, 0) is 17.9 Å². The van der Waals surface area contributed by atoms with Gasteiger partial charge < -0.3 is 20.4 Å². The van der Waals surface area contributed by atoms with Gasteiger partial charge in [-0.1, -0.05) is 22.8 Å². The van der Waals surface area contributed by atoms with Crippen molar-refractivity contribution in [3.63, 3.8) is 0 Å². The number of hydrogen-bond donors (Lipinski definition) is 2. The normalized spacial score (nSPS) is 14.3. The summed E-state index contributed by atoms with van der Waals surface area (Å²) in [5.41, 5.74) is 0.925. The molecular formula is C16H23ClN8O5S. The molecule has 170 valence electrons. The molecule has 0 radical (unpaired) electrons. The first-order valence-corrected chi connectivity index (χ1v) is 10.3. The third kappa shape index (κ3) is 9.48. The molecule has 2 heterocycles. The smallest absolute Gasteiger partial charge is 0.349 e. The van der Waals surface area contributed by atoms with Gasteiger partial charge in [-0.15, -0.1) is 11.8 Å². The fourth-order valence-electron chi connectivity index (χ4n) is 2.05. The van der Waals surface area contributed by atoms with Gasteiger partial charge in [-0.2, -0.15) is 0 Å². The number of nitrogens with zero attached hydrogens (tertiary/aromatic N) is 6. The molecule has 0 aromatic carbocycles. The lowest BCUT2D eigenvalue weighted by molar-refractivity contribution is -0.485. The average Bonchev–Trinajstić information content (AvgIpc) is 3.16. The number of hydrogen-bond acceptors (Lipinski definition) is 8. The maximum absolute atomic E-state index is 11.3. The van der Waals surface area contributed by atoms with Crippen molar-refractivity contribution in [2.24, 2.45) is 10.3 Å². The number of aromatic nitrogens is 1. The van der Waals surface area contributed by atoms with Crippen LogP contribution in [0.5, 0.6) is 0 Å². The van der Waals surface area contributed by atoms with Crippen LogP contribution in [0.3, 0.4) is 0 Å². The number of halogens is 1. The number of pyridine rings is 1. The molecule has 1 aliphatic rings. The Hall–Kier alpha value is -3.13. The number of guanidine groups is 1. The first-order valence-electron chi connectivity index (χ1n) is 8.72. The minimum atomic E-state index is -0.708. The lowest BCUT2D eigenvalue weighted by Gasteiger charge is -2.14. The summed E-state index contributed by atoms with van der Waals surface area (Å²) in [6.07, 6.45) is 2.61. The number of thioether (sulfide) groups is 1. The molecule has 1 aromatic heterocycles. The molecule has 1 saturated heterocycles. The highest BCUT2D eigenvalue weighted by Gasteiger charge is 2.21. The summed E-state index contributed by atoms with van der Waals surface area (Å²) >= 11 is 6.79. The van der Waals surface area contributed by atoms with Crippen molar-refractivity contribution in [1.29, 1.82) is 0 Å². The van der Waals surface area contributed by atoms with Gasteiger partial charge in [0.2, 0.25) is 5.04 Å². The van der Waals surface area contributed by atoms with Crippen molar-refractivity contribution in [2.75, 3.05) is 40.5 Å². The van der Waals surface area contributed by atoms with Crippen LogP contribution in [-0.2, 0) is 16.2 Å². The topological polar surface area (TPSA) is 155 Å². The third-order valence-electron chi connectivity index (χ3n) is 3.50. The molecule has 1 aromatic rings. The number of amides is 2. The molecular weight excluding hydrogens is 452 g/mol. The highest BCUT2D eigenvalue weighted by atomic mass is 35.5. The zero-order chi connectivity index (χ0) is 23.4. The Bertz CT molecular complexity index is 834. The standard InChI is InChI=1S/C9H10ClN5O2.C7H13N3O3S/c10-8-2-1-7(5-12-8)6-14-4-3-11-9(14)13-15(16)17;1-8-7(12)13-9-5(14-4)6(11)10(2)3/h1-2,5H,3-4,6H2,(H,11,13);1-4H3,(H,8,12)/b;9-5-. The molecule has 0 spiro atoms. The van der Waals surface area contributed by atoms with Crippen LogP contribution in [-0.4, -0.2) is 83.3 Å². The van der Waals surface area contributed by atoms with Crippen LogP contribution in [0.4, 0.5) is 4.79 Å². The van der Waals surface area contributed by atoms with Crippen molar-refractivity contribution < 1.29 is 19.5 Å². The van der Waals surface area contributed by atoms with Gasteiger partial charge in [0.25, 0.3) is 11.9 Å². The Labute approximate surface area is 188 Å². The van der Waals surface area contributed by atoms with Crippen LogP contribution < -0.4 is 10.6 Å². The highest BCUT2D eigenvalue weighted by Crippen LogP contribution is 2.10. The summed E-state index contributed by atoms with van der Waals surface area (Å²) in [6.45, 7) is 1.84. The second-order valence-electron chi connectivity index (χ2n) is 5.93. The number of nitrogens with one attached hydrogen (secondary N) is 2. The van der Waals surface area contributed by atoms with E-state index in [-0.39, 0.29) is 16.9 Å². The molecule has 0 unspecified atom stereocenters. The molecule has 13 nitrogen and oxygen atoms in total. The number of hydrazone groups is 1. The monoisotopic (exact) mass is 474 g/mol. The number of oxime groups is 1.